The van der Waals surface area contributed by atoms with Crippen LogP contribution in [-0.4, -0.2) is 79.5 Å². The van der Waals surface area contributed by atoms with Gasteiger partial charge in [-0.25, -0.2) is 0 Å². The van der Waals surface area contributed by atoms with E-state index in [1.807, 2.05) is 48.5 Å². The van der Waals surface area contributed by atoms with Crippen molar-refractivity contribution >= 4 is 11.1 Å². The number of aromatic nitrogens is 1. The van der Waals surface area contributed by atoms with E-state index in [9.17, 15) is 10.4 Å². The summed E-state index contributed by atoms with van der Waals surface area (Å²) in [7, 11) is 3.71. The van der Waals surface area contributed by atoms with Crippen LogP contribution in [0.5, 0.6) is 11.5 Å². The summed E-state index contributed by atoms with van der Waals surface area (Å²) < 4.78 is 23.7. The highest BCUT2D eigenvalue weighted by atomic mass is 16.5. The number of aliphatic hydroxyl groups excluding tert-OH is 1. The SMILES string of the molecule is COc1cc(C(O)N2CCN(C)CC2)ccc1-c1cc2nccc(-c3ccc(OC4CCOCC4)c(C#N)c3)c2o1. The van der Waals surface area contributed by atoms with E-state index < -0.39 is 6.23 Å². The number of methoxy groups -OCH3 is 1. The Morgan fingerprint density at radius 2 is 1.80 bits per heavy atom. The molecule has 0 amide bonds. The fraction of sp³-hybridized carbons (Fsp3) is 0.375. The second kappa shape index (κ2) is 11.9. The molecule has 4 aromatic rings. The molecule has 0 spiro atoms. The Bertz CT molecular complexity index is 1560. The molecule has 212 valence electrons. The van der Waals surface area contributed by atoms with Crippen LogP contribution in [0.25, 0.3) is 33.6 Å². The standard InChI is InChI=1S/C32H34N4O5/c1-35-11-13-36(14-12-35)32(37)22-3-5-26(29(18-22)38-2)30-19-27-31(41-30)25(7-10-34-27)21-4-6-28(23(17-21)20-33)40-24-8-15-39-16-9-24/h3-7,10,17-19,24,32,37H,8-9,11-16H2,1-2H3. The van der Waals surface area contributed by atoms with Crippen LogP contribution in [0.15, 0.2) is 59.1 Å². The third-order valence-corrected chi connectivity index (χ3v) is 7.96. The molecule has 2 aliphatic rings. The lowest BCUT2D eigenvalue weighted by Crippen LogP contribution is -2.45. The normalized spacial score (nSPS) is 17.8. The Morgan fingerprint density at radius 1 is 1.00 bits per heavy atom. The number of benzene rings is 2. The van der Waals surface area contributed by atoms with Crippen LogP contribution >= 0.6 is 0 Å². The van der Waals surface area contributed by atoms with E-state index in [0.29, 0.717) is 47.1 Å². The summed E-state index contributed by atoms with van der Waals surface area (Å²) in [6, 6.07) is 17.4. The molecule has 2 aromatic carbocycles. The molecular formula is C32H34N4O5. The molecule has 9 heteroatoms. The number of piperazine rings is 1. The minimum Gasteiger partial charge on any atom is -0.496 e. The number of ether oxygens (including phenoxy) is 3. The third-order valence-electron chi connectivity index (χ3n) is 7.96. The average Bonchev–Trinajstić information content (AvgIpc) is 3.46. The van der Waals surface area contributed by atoms with Gasteiger partial charge in [-0.15, -0.1) is 0 Å². The molecule has 0 aliphatic carbocycles. The van der Waals surface area contributed by atoms with Gasteiger partial charge in [-0.1, -0.05) is 12.1 Å². The lowest BCUT2D eigenvalue weighted by molar-refractivity contribution is -0.0233. The van der Waals surface area contributed by atoms with Gasteiger partial charge in [-0.05, 0) is 48.5 Å². The van der Waals surface area contributed by atoms with Gasteiger partial charge in [0.25, 0.3) is 0 Å². The fourth-order valence-electron chi connectivity index (χ4n) is 5.51. The van der Waals surface area contributed by atoms with Gasteiger partial charge in [0.15, 0.2) is 5.58 Å². The number of rotatable bonds is 7. The number of hydrogen-bond donors (Lipinski definition) is 1. The summed E-state index contributed by atoms with van der Waals surface area (Å²) in [4.78, 5) is 8.86. The van der Waals surface area contributed by atoms with Gasteiger partial charge in [-0.2, -0.15) is 5.26 Å². The average molecular weight is 555 g/mol. The van der Waals surface area contributed by atoms with Crippen LogP contribution in [-0.2, 0) is 4.74 Å². The topological polar surface area (TPSA) is 104 Å². The molecule has 9 nitrogen and oxygen atoms in total. The maximum absolute atomic E-state index is 11.0. The van der Waals surface area contributed by atoms with Gasteiger partial charge in [0.05, 0.1) is 31.5 Å². The van der Waals surface area contributed by atoms with Gasteiger partial charge in [0.2, 0.25) is 0 Å². The summed E-state index contributed by atoms with van der Waals surface area (Å²) in [5.41, 5.74) is 5.00. The van der Waals surface area contributed by atoms with Crippen LogP contribution in [0.2, 0.25) is 0 Å². The Labute approximate surface area is 239 Å². The van der Waals surface area contributed by atoms with E-state index >= 15 is 0 Å². The first-order chi connectivity index (χ1) is 20.0. The number of hydrogen-bond acceptors (Lipinski definition) is 9. The minimum atomic E-state index is -0.705. The zero-order valence-corrected chi connectivity index (χ0v) is 23.4. The summed E-state index contributed by atoms with van der Waals surface area (Å²) in [6.07, 6.45) is 2.70. The predicted molar refractivity (Wildman–Crippen MR) is 155 cm³/mol. The van der Waals surface area contributed by atoms with Crippen molar-refractivity contribution in [3.8, 4) is 40.0 Å². The monoisotopic (exact) mass is 554 g/mol. The van der Waals surface area contributed by atoms with Crippen molar-refractivity contribution in [2.45, 2.75) is 25.2 Å². The predicted octanol–water partition coefficient (Wildman–Crippen LogP) is 4.84. The molecule has 2 aliphatic heterocycles. The van der Waals surface area contributed by atoms with Crippen LogP contribution in [0, 0.1) is 11.3 Å². The molecular weight excluding hydrogens is 520 g/mol. The Hall–Kier alpha value is -3.94. The molecule has 2 fully saturated rings. The number of likely N-dealkylation sites (N-methyl/N-ethyl adjacent to an activating group) is 1. The smallest absolute Gasteiger partial charge is 0.161 e. The molecule has 1 unspecified atom stereocenters. The number of furan rings is 1. The maximum atomic E-state index is 11.0. The van der Waals surface area contributed by atoms with E-state index in [2.05, 4.69) is 27.9 Å². The van der Waals surface area contributed by atoms with Crippen molar-refractivity contribution in [2.24, 2.45) is 0 Å². The molecule has 1 N–H and O–H groups in total. The van der Waals surface area contributed by atoms with Crippen LogP contribution < -0.4 is 9.47 Å². The molecule has 2 aromatic heterocycles. The second-order valence-electron chi connectivity index (χ2n) is 10.6. The molecule has 0 saturated carbocycles. The number of fused-ring (bicyclic) bond motifs is 1. The largest absolute Gasteiger partial charge is 0.496 e. The first-order valence-corrected chi connectivity index (χ1v) is 14.0. The van der Waals surface area contributed by atoms with Gasteiger partial charge in [-0.3, -0.25) is 9.88 Å². The molecule has 4 heterocycles. The number of pyridine rings is 1. The highest BCUT2D eigenvalue weighted by Gasteiger charge is 2.24. The van der Waals surface area contributed by atoms with Crippen molar-refractivity contribution in [1.29, 1.82) is 5.26 Å². The van der Waals surface area contributed by atoms with Crippen molar-refractivity contribution in [3.63, 3.8) is 0 Å². The fourth-order valence-corrected chi connectivity index (χ4v) is 5.51. The van der Waals surface area contributed by atoms with Gasteiger partial charge < -0.3 is 28.6 Å². The lowest BCUT2D eigenvalue weighted by Gasteiger charge is -2.35. The molecule has 0 radical (unpaired) electrons. The summed E-state index contributed by atoms with van der Waals surface area (Å²) in [6.45, 7) is 4.78. The van der Waals surface area contributed by atoms with E-state index in [0.717, 1.165) is 61.3 Å². The Morgan fingerprint density at radius 3 is 2.56 bits per heavy atom. The number of aliphatic hydroxyl groups is 1. The van der Waals surface area contributed by atoms with E-state index in [1.54, 1.807) is 13.3 Å². The summed E-state index contributed by atoms with van der Waals surface area (Å²) in [5, 5.41) is 20.9. The van der Waals surface area contributed by atoms with Crippen molar-refractivity contribution in [3.05, 3.63) is 65.9 Å². The molecule has 2 saturated heterocycles. The van der Waals surface area contributed by atoms with Gasteiger partial charge in [0, 0.05) is 56.8 Å². The lowest BCUT2D eigenvalue weighted by atomic mass is 10.0. The number of nitrogens with zero attached hydrogens (tertiary/aromatic N) is 4. The van der Waals surface area contributed by atoms with Gasteiger partial charge in [0.1, 0.15) is 41.2 Å². The Kier molecular flexibility index (Phi) is 7.90. The highest BCUT2D eigenvalue weighted by molar-refractivity contribution is 5.93. The highest BCUT2D eigenvalue weighted by Crippen LogP contribution is 2.39. The molecule has 0 bridgehead atoms. The molecule has 1 atom stereocenters. The van der Waals surface area contributed by atoms with Crippen LogP contribution in [0.4, 0.5) is 0 Å². The molecule has 41 heavy (non-hydrogen) atoms. The third kappa shape index (κ3) is 5.65. The first-order valence-electron chi connectivity index (χ1n) is 14.0. The maximum Gasteiger partial charge on any atom is 0.161 e. The number of nitriles is 1. The zero-order valence-electron chi connectivity index (χ0n) is 23.4. The summed E-state index contributed by atoms with van der Waals surface area (Å²) in [5.74, 6) is 1.80. The zero-order chi connectivity index (χ0) is 28.3. The van der Waals surface area contributed by atoms with E-state index in [-0.39, 0.29) is 6.10 Å². The first kappa shape index (κ1) is 27.2. The van der Waals surface area contributed by atoms with Crippen LogP contribution in [0.3, 0.4) is 0 Å². The van der Waals surface area contributed by atoms with Crippen LogP contribution in [0.1, 0.15) is 30.2 Å². The minimum absolute atomic E-state index is 0.0472. The van der Waals surface area contributed by atoms with Crippen molar-refractivity contribution < 1.29 is 23.7 Å². The van der Waals surface area contributed by atoms with E-state index in [1.165, 1.54) is 0 Å². The van der Waals surface area contributed by atoms with Crippen molar-refractivity contribution in [2.75, 3.05) is 53.6 Å². The van der Waals surface area contributed by atoms with E-state index in [4.69, 9.17) is 18.6 Å². The second-order valence-corrected chi connectivity index (χ2v) is 10.6. The quantitative estimate of drug-likeness (QED) is 0.344. The Balaban J connectivity index is 1.29. The van der Waals surface area contributed by atoms with Crippen molar-refractivity contribution in [1.82, 2.24) is 14.8 Å². The summed E-state index contributed by atoms with van der Waals surface area (Å²) >= 11 is 0. The van der Waals surface area contributed by atoms with Gasteiger partial charge >= 0.3 is 0 Å². The molecule has 6 rings (SSSR count).